The minimum absolute atomic E-state index is 0.0406. The Morgan fingerprint density at radius 1 is 1.07 bits per heavy atom. The Labute approximate surface area is 163 Å². The number of Topliss-reactive ketones (excluding diaryl/α,β-unsaturated/α-hetero) is 1. The quantitative estimate of drug-likeness (QED) is 0.777. The van der Waals surface area contributed by atoms with Gasteiger partial charge >= 0.3 is 6.09 Å². The lowest BCUT2D eigenvalue weighted by Crippen LogP contribution is -2.51. The smallest absolute Gasteiger partial charge is 0.409 e. The van der Waals surface area contributed by atoms with E-state index in [1.807, 2.05) is 0 Å². The van der Waals surface area contributed by atoms with Crippen LogP contribution < -0.4 is 5.32 Å². The third-order valence-corrected chi connectivity index (χ3v) is 5.10. The van der Waals surface area contributed by atoms with Gasteiger partial charge in [-0.15, -0.1) is 0 Å². The Hall–Kier alpha value is -2.90. The molecule has 0 radical (unpaired) electrons. The minimum atomic E-state index is -0.355. The molecule has 3 amide bonds. The molecule has 1 aliphatic heterocycles. The van der Waals surface area contributed by atoms with Gasteiger partial charge in [-0.2, -0.15) is 0 Å². The first kappa shape index (κ1) is 19.9. The van der Waals surface area contributed by atoms with Crippen LogP contribution in [0, 0.1) is 11.8 Å². The van der Waals surface area contributed by atoms with Gasteiger partial charge in [0.1, 0.15) is 0 Å². The van der Waals surface area contributed by atoms with Gasteiger partial charge in [-0.1, -0.05) is 12.1 Å². The number of nitrogens with zero attached hydrogens (tertiary/aromatic N) is 2. The molecule has 2 aliphatic rings. The molecule has 0 spiro atoms. The first-order chi connectivity index (χ1) is 13.4. The van der Waals surface area contributed by atoms with Crippen LogP contribution in [0.2, 0.25) is 0 Å². The topological polar surface area (TPSA) is 96.0 Å². The van der Waals surface area contributed by atoms with E-state index in [2.05, 4.69) is 5.32 Å². The van der Waals surface area contributed by atoms with E-state index >= 15 is 0 Å². The van der Waals surface area contributed by atoms with Crippen molar-refractivity contribution in [2.75, 3.05) is 38.1 Å². The molecular weight excluding hydrogens is 362 g/mol. The summed E-state index contributed by atoms with van der Waals surface area (Å²) in [5.74, 6) is -0.982. The summed E-state index contributed by atoms with van der Waals surface area (Å²) in [4.78, 5) is 51.6. The fraction of sp³-hybridized carbons (Fsp3) is 0.500. The molecule has 2 fully saturated rings. The number of hydrogen-bond donors (Lipinski definition) is 1. The lowest BCUT2D eigenvalue weighted by molar-refractivity contribution is -0.135. The summed E-state index contributed by atoms with van der Waals surface area (Å²) in [6.45, 7) is 5.32. The molecule has 1 heterocycles. The Morgan fingerprint density at radius 2 is 1.75 bits per heavy atom. The van der Waals surface area contributed by atoms with E-state index in [9.17, 15) is 19.2 Å². The van der Waals surface area contributed by atoms with Crippen molar-refractivity contribution in [1.82, 2.24) is 9.80 Å². The first-order valence-electron chi connectivity index (χ1n) is 9.53. The molecule has 2 atom stereocenters. The maximum absolute atomic E-state index is 12.6. The van der Waals surface area contributed by atoms with Crippen molar-refractivity contribution in [2.45, 2.75) is 20.3 Å². The van der Waals surface area contributed by atoms with Crippen LogP contribution in [0.15, 0.2) is 24.3 Å². The second-order valence-corrected chi connectivity index (χ2v) is 7.09. The van der Waals surface area contributed by atoms with Crippen LogP contribution in [0.4, 0.5) is 10.5 Å². The Balaban J connectivity index is 1.49. The molecule has 0 aromatic heterocycles. The summed E-state index contributed by atoms with van der Waals surface area (Å²) in [6, 6.07) is 6.76. The first-order valence-corrected chi connectivity index (χ1v) is 9.53. The number of piperazine rings is 1. The van der Waals surface area contributed by atoms with Gasteiger partial charge in [0, 0.05) is 37.4 Å². The highest BCUT2D eigenvalue weighted by Crippen LogP contribution is 2.41. The third-order valence-electron chi connectivity index (χ3n) is 5.10. The number of carbonyl (C=O) groups is 4. The van der Waals surface area contributed by atoms with Crippen LogP contribution in [0.3, 0.4) is 0 Å². The van der Waals surface area contributed by atoms with Crippen LogP contribution in [-0.4, -0.2) is 66.3 Å². The average Bonchev–Trinajstić information content (AvgIpc) is 3.49. The zero-order chi connectivity index (χ0) is 20.3. The van der Waals surface area contributed by atoms with E-state index in [0.29, 0.717) is 50.5 Å². The van der Waals surface area contributed by atoms with E-state index in [1.54, 1.807) is 41.0 Å². The standard InChI is InChI=1S/C20H25N3O5/c1-3-28-20(27)23-9-7-22(8-10-23)19(26)17-12-16(17)18(25)21-15-6-4-5-14(11-15)13(2)24/h4-6,11,16-17H,3,7-10,12H2,1-2H3,(H,21,25). The van der Waals surface area contributed by atoms with Crippen LogP contribution in [0.5, 0.6) is 0 Å². The largest absolute Gasteiger partial charge is 0.450 e. The maximum Gasteiger partial charge on any atom is 0.409 e. The van der Waals surface area contributed by atoms with Crippen molar-refractivity contribution in [3.8, 4) is 0 Å². The van der Waals surface area contributed by atoms with Crippen molar-refractivity contribution >= 4 is 29.4 Å². The molecule has 1 saturated heterocycles. The van der Waals surface area contributed by atoms with Crippen molar-refractivity contribution < 1.29 is 23.9 Å². The predicted molar refractivity (Wildman–Crippen MR) is 102 cm³/mol. The molecule has 1 aromatic carbocycles. The number of carbonyl (C=O) groups excluding carboxylic acids is 4. The van der Waals surface area contributed by atoms with E-state index in [1.165, 1.54) is 6.92 Å². The number of ether oxygens (including phenoxy) is 1. The highest BCUT2D eigenvalue weighted by molar-refractivity contribution is 6.01. The van der Waals surface area contributed by atoms with E-state index in [4.69, 9.17) is 4.74 Å². The number of anilines is 1. The monoisotopic (exact) mass is 387 g/mol. The molecule has 1 aromatic rings. The van der Waals surface area contributed by atoms with Crippen LogP contribution in [0.1, 0.15) is 30.6 Å². The van der Waals surface area contributed by atoms with Gasteiger partial charge in [-0.25, -0.2) is 4.79 Å². The predicted octanol–water partition coefficient (Wildman–Crippen LogP) is 1.76. The van der Waals surface area contributed by atoms with Crippen molar-refractivity contribution in [3.05, 3.63) is 29.8 Å². The Kier molecular flexibility index (Phi) is 5.96. The number of amides is 3. The third kappa shape index (κ3) is 4.49. The number of nitrogens with one attached hydrogen (secondary N) is 1. The molecule has 8 heteroatoms. The lowest BCUT2D eigenvalue weighted by atomic mass is 10.1. The summed E-state index contributed by atoms with van der Waals surface area (Å²) in [6.07, 6.45) is 0.167. The highest BCUT2D eigenvalue weighted by atomic mass is 16.6. The van der Waals surface area contributed by atoms with Crippen LogP contribution >= 0.6 is 0 Å². The Bertz CT molecular complexity index is 786. The number of benzene rings is 1. The summed E-state index contributed by atoms with van der Waals surface area (Å²) in [5.41, 5.74) is 1.08. The highest BCUT2D eigenvalue weighted by Gasteiger charge is 2.49. The molecule has 150 valence electrons. The van der Waals surface area contributed by atoms with Gasteiger partial charge in [-0.3, -0.25) is 14.4 Å². The van der Waals surface area contributed by atoms with Gasteiger partial charge in [0.05, 0.1) is 18.4 Å². The van der Waals surface area contributed by atoms with Gasteiger partial charge in [0.15, 0.2) is 5.78 Å². The maximum atomic E-state index is 12.6. The zero-order valence-corrected chi connectivity index (χ0v) is 16.1. The Morgan fingerprint density at radius 3 is 2.39 bits per heavy atom. The molecule has 1 N–H and O–H groups in total. The zero-order valence-electron chi connectivity index (χ0n) is 16.1. The number of hydrogen-bond acceptors (Lipinski definition) is 5. The molecule has 3 rings (SSSR count). The van der Waals surface area contributed by atoms with Crippen molar-refractivity contribution in [3.63, 3.8) is 0 Å². The summed E-state index contributed by atoms with van der Waals surface area (Å²) < 4.78 is 4.97. The summed E-state index contributed by atoms with van der Waals surface area (Å²) in [5, 5.41) is 2.79. The van der Waals surface area contributed by atoms with Gasteiger partial charge < -0.3 is 19.9 Å². The van der Waals surface area contributed by atoms with E-state index in [-0.39, 0.29) is 35.5 Å². The van der Waals surface area contributed by atoms with Gasteiger partial charge in [-0.05, 0) is 32.4 Å². The fourth-order valence-electron chi connectivity index (χ4n) is 3.37. The van der Waals surface area contributed by atoms with Crippen molar-refractivity contribution in [2.24, 2.45) is 11.8 Å². The molecular formula is C20H25N3O5. The second-order valence-electron chi connectivity index (χ2n) is 7.09. The molecule has 1 aliphatic carbocycles. The van der Waals surface area contributed by atoms with E-state index in [0.717, 1.165) is 0 Å². The molecule has 28 heavy (non-hydrogen) atoms. The number of ketones is 1. The average molecular weight is 387 g/mol. The van der Waals surface area contributed by atoms with Gasteiger partial charge in [0.2, 0.25) is 11.8 Å². The lowest BCUT2D eigenvalue weighted by Gasteiger charge is -2.34. The van der Waals surface area contributed by atoms with Crippen molar-refractivity contribution in [1.29, 1.82) is 0 Å². The SMILES string of the molecule is CCOC(=O)N1CCN(C(=O)C2CC2C(=O)Nc2cccc(C(C)=O)c2)CC1. The minimum Gasteiger partial charge on any atom is -0.450 e. The number of rotatable bonds is 5. The molecule has 0 bridgehead atoms. The molecule has 1 saturated carbocycles. The molecule has 8 nitrogen and oxygen atoms in total. The van der Waals surface area contributed by atoms with E-state index < -0.39 is 0 Å². The summed E-state index contributed by atoms with van der Waals surface area (Å²) in [7, 11) is 0. The van der Waals surface area contributed by atoms with Gasteiger partial charge in [0.25, 0.3) is 0 Å². The normalized spacial score (nSPS) is 21.1. The summed E-state index contributed by atoms with van der Waals surface area (Å²) >= 11 is 0. The fourth-order valence-corrected chi connectivity index (χ4v) is 3.37. The molecule has 2 unspecified atom stereocenters. The van der Waals surface area contributed by atoms with Crippen LogP contribution in [0.25, 0.3) is 0 Å². The van der Waals surface area contributed by atoms with Crippen LogP contribution in [-0.2, 0) is 14.3 Å². The second kappa shape index (κ2) is 8.41.